The highest BCUT2D eigenvalue weighted by Crippen LogP contribution is 2.29. The van der Waals surface area contributed by atoms with Gasteiger partial charge < -0.3 is 5.73 Å². The van der Waals surface area contributed by atoms with Gasteiger partial charge in [-0.1, -0.05) is 25.5 Å². The van der Waals surface area contributed by atoms with Gasteiger partial charge in [0.1, 0.15) is 0 Å². The summed E-state index contributed by atoms with van der Waals surface area (Å²) in [5.41, 5.74) is 5.83. The Morgan fingerprint density at radius 1 is 1.11 bits per heavy atom. The highest BCUT2D eigenvalue weighted by atomic mass is 19.4. The van der Waals surface area contributed by atoms with E-state index in [1.54, 1.807) is 0 Å². The van der Waals surface area contributed by atoms with Crippen molar-refractivity contribution in [3.05, 3.63) is 35.4 Å². The molecule has 5 heteroatoms. The molecule has 1 aromatic carbocycles. The van der Waals surface area contributed by atoms with Crippen LogP contribution >= 0.6 is 0 Å². The third kappa shape index (κ3) is 5.61. The van der Waals surface area contributed by atoms with Crippen molar-refractivity contribution in [3.8, 4) is 0 Å². The van der Waals surface area contributed by atoms with E-state index in [2.05, 4.69) is 11.8 Å². The standard InChI is InChI=1S/C14H21F3N2/c1-2-3-9-19(10-8-18)11-12-4-6-13(7-5-12)14(15,16)17/h4-7H,2-3,8-11,18H2,1H3. The fourth-order valence-electron chi connectivity index (χ4n) is 1.89. The van der Waals surface area contributed by atoms with Gasteiger partial charge in [-0.2, -0.15) is 13.2 Å². The Kier molecular flexibility index (Phi) is 6.31. The van der Waals surface area contributed by atoms with Gasteiger partial charge in [0.15, 0.2) is 0 Å². The van der Waals surface area contributed by atoms with E-state index in [0.717, 1.165) is 43.6 Å². The molecule has 0 amide bonds. The Morgan fingerprint density at radius 3 is 2.21 bits per heavy atom. The van der Waals surface area contributed by atoms with E-state index in [1.165, 1.54) is 12.1 Å². The molecule has 0 aliphatic rings. The minimum Gasteiger partial charge on any atom is -0.329 e. The maximum Gasteiger partial charge on any atom is 0.416 e. The maximum atomic E-state index is 12.4. The van der Waals surface area contributed by atoms with Crippen LogP contribution in [0, 0.1) is 0 Å². The summed E-state index contributed by atoms with van der Waals surface area (Å²) in [6.07, 6.45) is -2.10. The molecule has 0 aliphatic carbocycles. The Balaban J connectivity index is 2.64. The molecule has 0 heterocycles. The molecule has 0 saturated heterocycles. The van der Waals surface area contributed by atoms with Crippen molar-refractivity contribution in [2.24, 2.45) is 5.73 Å². The van der Waals surface area contributed by atoms with E-state index in [4.69, 9.17) is 5.73 Å². The summed E-state index contributed by atoms with van der Waals surface area (Å²) in [4.78, 5) is 2.17. The summed E-state index contributed by atoms with van der Waals surface area (Å²) in [5.74, 6) is 0. The normalized spacial score (nSPS) is 12.1. The lowest BCUT2D eigenvalue weighted by Gasteiger charge is -2.21. The van der Waals surface area contributed by atoms with E-state index < -0.39 is 11.7 Å². The first-order chi connectivity index (χ1) is 8.97. The van der Waals surface area contributed by atoms with Crippen molar-refractivity contribution in [1.82, 2.24) is 4.90 Å². The van der Waals surface area contributed by atoms with Crippen LogP contribution in [0.3, 0.4) is 0 Å². The fraction of sp³-hybridized carbons (Fsp3) is 0.571. The van der Waals surface area contributed by atoms with Gasteiger partial charge in [0.05, 0.1) is 5.56 Å². The van der Waals surface area contributed by atoms with E-state index >= 15 is 0 Å². The third-order valence-corrected chi connectivity index (χ3v) is 2.96. The van der Waals surface area contributed by atoms with Gasteiger partial charge in [-0.15, -0.1) is 0 Å². The van der Waals surface area contributed by atoms with Crippen LogP contribution in [-0.4, -0.2) is 24.5 Å². The Bertz CT molecular complexity index is 360. The molecule has 0 radical (unpaired) electrons. The lowest BCUT2D eigenvalue weighted by Crippen LogP contribution is -2.30. The van der Waals surface area contributed by atoms with Gasteiger partial charge in [-0.25, -0.2) is 0 Å². The molecule has 0 aliphatic heterocycles. The molecule has 0 fully saturated rings. The van der Waals surface area contributed by atoms with Crippen molar-refractivity contribution >= 4 is 0 Å². The zero-order valence-electron chi connectivity index (χ0n) is 11.2. The molecule has 2 N–H and O–H groups in total. The van der Waals surface area contributed by atoms with Crippen molar-refractivity contribution in [3.63, 3.8) is 0 Å². The molecular formula is C14H21F3N2. The number of unbranched alkanes of at least 4 members (excludes halogenated alkanes) is 1. The number of hydrogen-bond acceptors (Lipinski definition) is 2. The zero-order valence-corrected chi connectivity index (χ0v) is 11.2. The third-order valence-electron chi connectivity index (χ3n) is 2.96. The number of halogens is 3. The van der Waals surface area contributed by atoms with E-state index in [9.17, 15) is 13.2 Å². The second-order valence-electron chi connectivity index (χ2n) is 4.61. The van der Waals surface area contributed by atoms with Gasteiger partial charge in [0, 0.05) is 19.6 Å². The van der Waals surface area contributed by atoms with Gasteiger partial charge in [-0.05, 0) is 30.7 Å². The lowest BCUT2D eigenvalue weighted by molar-refractivity contribution is -0.137. The largest absolute Gasteiger partial charge is 0.416 e. The van der Waals surface area contributed by atoms with Crippen molar-refractivity contribution in [1.29, 1.82) is 0 Å². The molecule has 108 valence electrons. The van der Waals surface area contributed by atoms with E-state index in [1.807, 2.05) is 0 Å². The number of nitrogens with zero attached hydrogens (tertiary/aromatic N) is 1. The van der Waals surface area contributed by atoms with Crippen LogP contribution in [0.2, 0.25) is 0 Å². The molecule has 2 nitrogen and oxygen atoms in total. The predicted molar refractivity (Wildman–Crippen MR) is 70.7 cm³/mol. The molecule has 0 unspecified atom stereocenters. The Hall–Kier alpha value is -1.07. The number of hydrogen-bond donors (Lipinski definition) is 1. The topological polar surface area (TPSA) is 29.3 Å². The summed E-state index contributed by atoms with van der Waals surface area (Å²) in [6.45, 7) is 5.01. The van der Waals surface area contributed by atoms with Crippen LogP contribution in [-0.2, 0) is 12.7 Å². The molecule has 1 rings (SSSR count). The Labute approximate surface area is 112 Å². The molecule has 0 saturated carbocycles. The predicted octanol–water partition coefficient (Wildman–Crippen LogP) is 3.27. The van der Waals surface area contributed by atoms with Crippen molar-refractivity contribution in [2.75, 3.05) is 19.6 Å². The first kappa shape index (κ1) is 16.0. The SMILES string of the molecule is CCCCN(CCN)Cc1ccc(C(F)(F)F)cc1. The zero-order chi connectivity index (χ0) is 14.3. The highest BCUT2D eigenvalue weighted by Gasteiger charge is 2.29. The van der Waals surface area contributed by atoms with Gasteiger partial charge in [0.25, 0.3) is 0 Å². The van der Waals surface area contributed by atoms with E-state index in [-0.39, 0.29) is 0 Å². The average Bonchev–Trinajstić information content (AvgIpc) is 2.36. The van der Waals surface area contributed by atoms with Gasteiger partial charge in [0.2, 0.25) is 0 Å². The maximum absolute atomic E-state index is 12.4. The highest BCUT2D eigenvalue weighted by molar-refractivity contribution is 5.24. The molecule has 0 aromatic heterocycles. The van der Waals surface area contributed by atoms with Crippen molar-refractivity contribution in [2.45, 2.75) is 32.5 Å². The molecule has 0 bridgehead atoms. The number of rotatable bonds is 7. The van der Waals surface area contributed by atoms with Crippen LogP contribution in [0.25, 0.3) is 0 Å². The summed E-state index contributed by atoms with van der Waals surface area (Å²) >= 11 is 0. The minimum absolute atomic E-state index is 0.560. The molecular weight excluding hydrogens is 253 g/mol. The van der Waals surface area contributed by atoms with Crippen LogP contribution < -0.4 is 5.73 Å². The fourth-order valence-corrected chi connectivity index (χ4v) is 1.89. The van der Waals surface area contributed by atoms with Gasteiger partial charge in [-0.3, -0.25) is 4.90 Å². The van der Waals surface area contributed by atoms with Crippen molar-refractivity contribution < 1.29 is 13.2 Å². The molecule has 1 aromatic rings. The number of alkyl halides is 3. The van der Waals surface area contributed by atoms with Crippen LogP contribution in [0.1, 0.15) is 30.9 Å². The Morgan fingerprint density at radius 2 is 1.74 bits per heavy atom. The van der Waals surface area contributed by atoms with Gasteiger partial charge >= 0.3 is 6.18 Å². The minimum atomic E-state index is -4.27. The smallest absolute Gasteiger partial charge is 0.329 e. The summed E-state index contributed by atoms with van der Waals surface area (Å²) < 4.78 is 37.3. The van der Waals surface area contributed by atoms with E-state index in [0.29, 0.717) is 13.1 Å². The van der Waals surface area contributed by atoms with Crippen LogP contribution in [0.4, 0.5) is 13.2 Å². The monoisotopic (exact) mass is 274 g/mol. The molecule has 0 spiro atoms. The number of benzene rings is 1. The second kappa shape index (κ2) is 7.50. The summed E-state index contributed by atoms with van der Waals surface area (Å²) in [7, 11) is 0. The van der Waals surface area contributed by atoms with Crippen LogP contribution in [0.15, 0.2) is 24.3 Å². The quantitative estimate of drug-likeness (QED) is 0.827. The summed E-state index contributed by atoms with van der Waals surface area (Å²) in [6, 6.07) is 5.35. The molecule has 0 atom stereocenters. The molecule has 19 heavy (non-hydrogen) atoms. The number of nitrogens with two attached hydrogens (primary N) is 1. The lowest BCUT2D eigenvalue weighted by atomic mass is 10.1. The average molecular weight is 274 g/mol. The summed E-state index contributed by atoms with van der Waals surface area (Å²) in [5, 5.41) is 0. The van der Waals surface area contributed by atoms with Crippen LogP contribution in [0.5, 0.6) is 0 Å². The second-order valence-corrected chi connectivity index (χ2v) is 4.61. The first-order valence-corrected chi connectivity index (χ1v) is 6.56. The first-order valence-electron chi connectivity index (χ1n) is 6.56.